The van der Waals surface area contributed by atoms with Gasteiger partial charge in [-0.3, -0.25) is 14.2 Å². The molecule has 0 aliphatic heterocycles. The number of hydrogen-bond acceptors (Lipinski definition) is 5. The van der Waals surface area contributed by atoms with Crippen LogP contribution in [0.5, 0.6) is 0 Å². The molecule has 2 heterocycles. The first-order valence-corrected chi connectivity index (χ1v) is 10.00. The highest BCUT2D eigenvalue weighted by Gasteiger charge is 2.24. The van der Waals surface area contributed by atoms with Crippen LogP contribution in [0.4, 0.5) is 0 Å². The quantitative estimate of drug-likeness (QED) is 0.582. The predicted octanol–water partition coefficient (Wildman–Crippen LogP) is 3.62. The normalized spacial score (nSPS) is 16.8. The molecule has 0 amide bonds. The van der Waals surface area contributed by atoms with Crippen LogP contribution < -0.4 is 5.56 Å². The molecule has 2 aromatic rings. The van der Waals surface area contributed by atoms with E-state index < -0.39 is 0 Å². The molecule has 0 bridgehead atoms. The Morgan fingerprint density at radius 2 is 2.20 bits per heavy atom. The minimum absolute atomic E-state index is 0.0548. The zero-order chi connectivity index (χ0) is 18.0. The van der Waals surface area contributed by atoms with Crippen molar-refractivity contribution in [2.75, 3.05) is 6.61 Å². The third kappa shape index (κ3) is 3.78. The minimum atomic E-state index is -0.361. The van der Waals surface area contributed by atoms with Gasteiger partial charge < -0.3 is 4.74 Å². The van der Waals surface area contributed by atoms with Crippen molar-refractivity contribution >= 4 is 27.5 Å². The summed E-state index contributed by atoms with van der Waals surface area (Å²) in [6, 6.07) is 0. The van der Waals surface area contributed by atoms with Crippen molar-refractivity contribution in [3.8, 4) is 0 Å². The van der Waals surface area contributed by atoms with E-state index in [1.807, 2.05) is 0 Å². The second-order valence-corrected chi connectivity index (χ2v) is 8.09. The summed E-state index contributed by atoms with van der Waals surface area (Å²) in [7, 11) is 0. The lowest BCUT2D eigenvalue weighted by atomic mass is 9.89. The van der Waals surface area contributed by atoms with E-state index in [1.54, 1.807) is 18.3 Å². The number of thiophene rings is 1. The maximum Gasteiger partial charge on any atom is 0.326 e. The summed E-state index contributed by atoms with van der Waals surface area (Å²) in [6.45, 7) is 6.50. The lowest BCUT2D eigenvalue weighted by molar-refractivity contribution is -0.144. The van der Waals surface area contributed by atoms with E-state index in [1.165, 1.54) is 9.44 Å². The van der Waals surface area contributed by atoms with Gasteiger partial charge in [-0.15, -0.1) is 11.3 Å². The molecule has 1 aliphatic carbocycles. The van der Waals surface area contributed by atoms with Gasteiger partial charge >= 0.3 is 5.97 Å². The molecule has 3 rings (SSSR count). The van der Waals surface area contributed by atoms with Gasteiger partial charge in [-0.25, -0.2) is 4.98 Å². The van der Waals surface area contributed by atoms with Gasteiger partial charge in [-0.1, -0.05) is 26.7 Å². The van der Waals surface area contributed by atoms with Crippen molar-refractivity contribution in [1.82, 2.24) is 9.55 Å². The highest BCUT2D eigenvalue weighted by atomic mass is 32.1. The van der Waals surface area contributed by atoms with Gasteiger partial charge in [0, 0.05) is 4.88 Å². The number of unbranched alkanes of at least 4 members (excludes halogenated alkanes) is 2. The van der Waals surface area contributed by atoms with E-state index in [0.29, 0.717) is 18.3 Å². The highest BCUT2D eigenvalue weighted by Crippen LogP contribution is 2.35. The topological polar surface area (TPSA) is 61.2 Å². The molecular formula is C19H26N2O3S. The first-order chi connectivity index (χ1) is 12.0. The first-order valence-electron chi connectivity index (χ1n) is 9.18. The SMILES string of the molecule is CCCCCOC(=O)Cn1c(C)nc2sc3c(c2c1=O)CCC(C)C3. The lowest BCUT2D eigenvalue weighted by Gasteiger charge is -2.17. The molecule has 0 N–H and O–H groups in total. The molecule has 0 radical (unpaired) electrons. The lowest BCUT2D eigenvalue weighted by Crippen LogP contribution is -2.28. The summed E-state index contributed by atoms with van der Waals surface area (Å²) in [4.78, 5) is 31.8. The molecule has 6 heteroatoms. The fourth-order valence-corrected chi connectivity index (χ4v) is 4.84. The van der Waals surface area contributed by atoms with Crippen LogP contribution in [-0.2, 0) is 28.9 Å². The molecule has 1 unspecified atom stereocenters. The summed E-state index contributed by atoms with van der Waals surface area (Å²) in [6.07, 6.45) is 6.04. The van der Waals surface area contributed by atoms with Gasteiger partial charge in [0.2, 0.25) is 0 Å². The van der Waals surface area contributed by atoms with Crippen LogP contribution in [0.1, 0.15) is 55.8 Å². The fourth-order valence-electron chi connectivity index (χ4n) is 3.42. The van der Waals surface area contributed by atoms with E-state index in [0.717, 1.165) is 54.3 Å². The average Bonchev–Trinajstić information content (AvgIpc) is 2.92. The minimum Gasteiger partial charge on any atom is -0.464 e. The van der Waals surface area contributed by atoms with Crippen molar-refractivity contribution in [3.63, 3.8) is 0 Å². The Balaban J connectivity index is 1.86. The van der Waals surface area contributed by atoms with Crippen LogP contribution >= 0.6 is 11.3 Å². The van der Waals surface area contributed by atoms with Crippen LogP contribution in [0.25, 0.3) is 10.2 Å². The van der Waals surface area contributed by atoms with Gasteiger partial charge in [0.15, 0.2) is 0 Å². The van der Waals surface area contributed by atoms with Gasteiger partial charge in [0.05, 0.1) is 12.0 Å². The fraction of sp³-hybridized carbons (Fsp3) is 0.632. The number of ether oxygens (including phenoxy) is 1. The number of rotatable bonds is 6. The second kappa shape index (κ2) is 7.68. The van der Waals surface area contributed by atoms with Crippen molar-refractivity contribution < 1.29 is 9.53 Å². The number of nitrogens with zero attached hydrogens (tertiary/aromatic N) is 2. The number of aromatic nitrogens is 2. The summed E-state index contributed by atoms with van der Waals surface area (Å²) < 4.78 is 6.72. The Hall–Kier alpha value is -1.69. The average molecular weight is 362 g/mol. The van der Waals surface area contributed by atoms with Crippen molar-refractivity contribution in [2.24, 2.45) is 5.92 Å². The molecule has 0 aromatic carbocycles. The number of carbonyl (C=O) groups is 1. The van der Waals surface area contributed by atoms with E-state index in [4.69, 9.17) is 4.74 Å². The molecule has 0 spiro atoms. The highest BCUT2D eigenvalue weighted by molar-refractivity contribution is 7.18. The molecule has 5 nitrogen and oxygen atoms in total. The van der Waals surface area contributed by atoms with Crippen LogP contribution in [0.15, 0.2) is 4.79 Å². The summed E-state index contributed by atoms with van der Waals surface area (Å²) in [5.41, 5.74) is 1.06. The summed E-state index contributed by atoms with van der Waals surface area (Å²) in [5, 5.41) is 0.719. The van der Waals surface area contributed by atoms with Gasteiger partial charge in [0.1, 0.15) is 17.2 Å². The number of carbonyl (C=O) groups excluding carboxylic acids is 1. The zero-order valence-electron chi connectivity index (χ0n) is 15.3. The van der Waals surface area contributed by atoms with Crippen molar-refractivity contribution in [3.05, 3.63) is 26.6 Å². The Morgan fingerprint density at radius 1 is 1.40 bits per heavy atom. The second-order valence-electron chi connectivity index (χ2n) is 7.01. The predicted molar refractivity (Wildman–Crippen MR) is 100 cm³/mol. The Bertz CT molecular complexity index is 837. The van der Waals surface area contributed by atoms with Gasteiger partial charge in [0.25, 0.3) is 5.56 Å². The molecular weight excluding hydrogens is 336 g/mol. The van der Waals surface area contributed by atoms with Gasteiger partial charge in [-0.05, 0) is 44.1 Å². The molecule has 0 fully saturated rings. The van der Waals surface area contributed by atoms with Crippen molar-refractivity contribution in [1.29, 1.82) is 0 Å². The molecule has 25 heavy (non-hydrogen) atoms. The van der Waals surface area contributed by atoms with E-state index in [2.05, 4.69) is 18.8 Å². The Kier molecular flexibility index (Phi) is 5.57. The Morgan fingerprint density at radius 3 is 2.96 bits per heavy atom. The number of aryl methyl sites for hydroxylation is 2. The standard InChI is InChI=1S/C19H26N2O3S/c1-4-5-6-9-24-16(22)11-21-13(3)20-18-17(19(21)23)14-8-7-12(2)10-15(14)25-18/h12H,4-11H2,1-3H3. The Labute approximate surface area is 152 Å². The summed E-state index contributed by atoms with van der Waals surface area (Å²) >= 11 is 1.64. The van der Waals surface area contributed by atoms with Crippen LogP contribution in [0.3, 0.4) is 0 Å². The van der Waals surface area contributed by atoms with E-state index in [9.17, 15) is 9.59 Å². The number of esters is 1. The smallest absolute Gasteiger partial charge is 0.326 e. The molecule has 0 saturated heterocycles. The molecule has 136 valence electrons. The molecule has 1 aliphatic rings. The van der Waals surface area contributed by atoms with Crippen LogP contribution in [-0.4, -0.2) is 22.1 Å². The zero-order valence-corrected chi connectivity index (χ0v) is 16.1. The van der Waals surface area contributed by atoms with Crippen molar-refractivity contribution in [2.45, 2.75) is 65.8 Å². The van der Waals surface area contributed by atoms with E-state index in [-0.39, 0.29) is 18.1 Å². The first kappa shape index (κ1) is 18.1. The number of hydrogen-bond donors (Lipinski definition) is 0. The van der Waals surface area contributed by atoms with E-state index >= 15 is 0 Å². The molecule has 2 aromatic heterocycles. The van der Waals surface area contributed by atoms with Crippen LogP contribution in [0, 0.1) is 12.8 Å². The maximum atomic E-state index is 13.0. The largest absolute Gasteiger partial charge is 0.464 e. The number of fused-ring (bicyclic) bond motifs is 3. The maximum absolute atomic E-state index is 13.0. The van der Waals surface area contributed by atoms with Gasteiger partial charge in [-0.2, -0.15) is 0 Å². The third-order valence-corrected chi connectivity index (χ3v) is 6.05. The van der Waals surface area contributed by atoms with Crippen LogP contribution in [0.2, 0.25) is 0 Å². The summed E-state index contributed by atoms with van der Waals surface area (Å²) in [5.74, 6) is 0.872. The third-order valence-electron chi connectivity index (χ3n) is 4.90. The monoisotopic (exact) mass is 362 g/mol. The molecule has 0 saturated carbocycles. The molecule has 1 atom stereocenters.